The second-order valence-electron chi connectivity index (χ2n) is 6.31. The number of halogens is 2. The predicted octanol–water partition coefficient (Wildman–Crippen LogP) is 3.50. The maximum absolute atomic E-state index is 13.5. The summed E-state index contributed by atoms with van der Waals surface area (Å²) < 4.78 is 37.7. The van der Waals surface area contributed by atoms with Gasteiger partial charge in [0.1, 0.15) is 17.5 Å². The number of pyridine rings is 1. The van der Waals surface area contributed by atoms with Gasteiger partial charge in [-0.25, -0.2) is 18.6 Å². The zero-order valence-corrected chi connectivity index (χ0v) is 14.6. The number of hydrogen-bond acceptors (Lipinski definition) is 5. The summed E-state index contributed by atoms with van der Waals surface area (Å²) >= 11 is 0. The molecule has 0 spiro atoms. The maximum Gasteiger partial charge on any atom is 0.342 e. The van der Waals surface area contributed by atoms with E-state index in [-0.39, 0.29) is 6.10 Å². The quantitative estimate of drug-likeness (QED) is 0.779. The Kier molecular flexibility index (Phi) is 5.46. The monoisotopic (exact) mass is 362 g/mol. The van der Waals surface area contributed by atoms with E-state index in [1.54, 1.807) is 32.2 Å². The van der Waals surface area contributed by atoms with Gasteiger partial charge in [0.05, 0.1) is 12.7 Å². The molecular weight excluding hydrogens is 342 g/mol. The van der Waals surface area contributed by atoms with Crippen LogP contribution in [-0.2, 0) is 9.47 Å². The molecule has 0 radical (unpaired) electrons. The van der Waals surface area contributed by atoms with Gasteiger partial charge in [0, 0.05) is 19.3 Å². The lowest BCUT2D eigenvalue weighted by Crippen LogP contribution is -2.39. The average molecular weight is 362 g/mol. The molecule has 2 heterocycles. The number of carbonyl (C=O) groups excluding carboxylic acids is 1. The molecule has 0 aliphatic carbocycles. The fraction of sp³-hybridized carbons (Fsp3) is 0.368. The molecular formula is C19H20F2N2O3. The summed E-state index contributed by atoms with van der Waals surface area (Å²) in [5.74, 6) is -1.76. The molecule has 26 heavy (non-hydrogen) atoms. The van der Waals surface area contributed by atoms with E-state index in [1.807, 2.05) is 4.90 Å². The number of rotatable bonds is 4. The van der Waals surface area contributed by atoms with Crippen molar-refractivity contribution in [1.82, 2.24) is 4.98 Å². The number of morpholine rings is 1. The Balaban J connectivity index is 1.84. The lowest BCUT2D eigenvalue weighted by molar-refractivity contribution is 0.0356. The zero-order valence-electron chi connectivity index (χ0n) is 14.6. The number of esters is 1. The summed E-state index contributed by atoms with van der Waals surface area (Å²) in [5.41, 5.74) is 0.906. The Morgan fingerprint density at radius 1 is 1.31 bits per heavy atom. The third kappa shape index (κ3) is 3.99. The average Bonchev–Trinajstić information content (AvgIpc) is 2.63. The maximum atomic E-state index is 13.5. The van der Waals surface area contributed by atoms with Gasteiger partial charge in [-0.15, -0.1) is 0 Å². The lowest BCUT2D eigenvalue weighted by atomic mass is 10.1. The van der Waals surface area contributed by atoms with Gasteiger partial charge in [-0.3, -0.25) is 0 Å². The van der Waals surface area contributed by atoms with Gasteiger partial charge in [-0.1, -0.05) is 6.07 Å². The van der Waals surface area contributed by atoms with Gasteiger partial charge in [0.2, 0.25) is 0 Å². The summed E-state index contributed by atoms with van der Waals surface area (Å²) in [4.78, 5) is 18.6. The molecule has 5 nitrogen and oxygen atoms in total. The Morgan fingerprint density at radius 3 is 2.85 bits per heavy atom. The third-order valence-electron chi connectivity index (χ3n) is 4.03. The normalized spacial score (nSPS) is 17.4. The minimum Gasteiger partial charge on any atom is -0.459 e. The van der Waals surface area contributed by atoms with Crippen molar-refractivity contribution in [2.24, 2.45) is 0 Å². The molecule has 2 aromatic rings. The Bertz CT molecular complexity index is 798. The van der Waals surface area contributed by atoms with Crippen molar-refractivity contribution in [3.8, 4) is 0 Å². The lowest BCUT2D eigenvalue weighted by Gasteiger charge is -2.34. The van der Waals surface area contributed by atoms with Crippen LogP contribution in [0.25, 0.3) is 0 Å². The summed E-state index contributed by atoms with van der Waals surface area (Å²) in [6.07, 6.45) is 0.911. The Hall–Kier alpha value is -2.54. The highest BCUT2D eigenvalue weighted by Gasteiger charge is 2.27. The second kappa shape index (κ2) is 7.78. The van der Waals surface area contributed by atoms with E-state index < -0.39 is 23.7 Å². The molecule has 138 valence electrons. The van der Waals surface area contributed by atoms with Gasteiger partial charge in [-0.2, -0.15) is 0 Å². The van der Waals surface area contributed by atoms with E-state index in [1.165, 1.54) is 6.07 Å². The van der Waals surface area contributed by atoms with Crippen LogP contribution >= 0.6 is 0 Å². The molecule has 3 rings (SSSR count). The fourth-order valence-corrected chi connectivity index (χ4v) is 2.84. The van der Waals surface area contributed by atoms with E-state index in [2.05, 4.69) is 4.98 Å². The summed E-state index contributed by atoms with van der Waals surface area (Å²) in [5, 5.41) is 0. The topological polar surface area (TPSA) is 51.7 Å². The van der Waals surface area contributed by atoms with Gasteiger partial charge in [0.15, 0.2) is 11.6 Å². The van der Waals surface area contributed by atoms with Gasteiger partial charge < -0.3 is 14.4 Å². The smallest absolute Gasteiger partial charge is 0.342 e. The highest BCUT2D eigenvalue weighted by molar-refractivity contribution is 5.94. The summed E-state index contributed by atoms with van der Waals surface area (Å²) in [7, 11) is 0. The summed E-state index contributed by atoms with van der Waals surface area (Å²) in [6, 6.07) is 7.05. The van der Waals surface area contributed by atoms with E-state index in [0.717, 1.165) is 12.1 Å². The number of benzene rings is 1. The first-order chi connectivity index (χ1) is 12.5. The Morgan fingerprint density at radius 2 is 2.12 bits per heavy atom. The van der Waals surface area contributed by atoms with Crippen LogP contribution in [0.15, 0.2) is 36.5 Å². The van der Waals surface area contributed by atoms with Crippen molar-refractivity contribution in [3.63, 3.8) is 0 Å². The first-order valence-electron chi connectivity index (χ1n) is 8.43. The standard InChI is InChI=1S/C19H20F2N2O3/c1-12(2)26-19(24)14-4-3-7-22-18(14)23-8-9-25-17(11-23)13-5-6-15(20)16(21)10-13/h3-7,10,12,17H,8-9,11H2,1-2H3. The van der Waals surface area contributed by atoms with Crippen molar-refractivity contribution in [3.05, 3.63) is 59.3 Å². The largest absolute Gasteiger partial charge is 0.459 e. The van der Waals surface area contributed by atoms with Crippen LogP contribution < -0.4 is 4.90 Å². The van der Waals surface area contributed by atoms with Crippen LogP contribution in [0.2, 0.25) is 0 Å². The SMILES string of the molecule is CC(C)OC(=O)c1cccnc1N1CCOC(c2ccc(F)c(F)c2)C1. The van der Waals surface area contributed by atoms with E-state index in [9.17, 15) is 13.6 Å². The molecule has 7 heteroatoms. The van der Waals surface area contributed by atoms with Crippen molar-refractivity contribution >= 4 is 11.8 Å². The second-order valence-corrected chi connectivity index (χ2v) is 6.31. The molecule has 0 bridgehead atoms. The number of aromatic nitrogens is 1. The van der Waals surface area contributed by atoms with Gasteiger partial charge in [-0.05, 0) is 43.7 Å². The van der Waals surface area contributed by atoms with E-state index in [4.69, 9.17) is 9.47 Å². The minimum atomic E-state index is -0.915. The first kappa shape index (κ1) is 18.3. The Labute approximate surface area is 150 Å². The van der Waals surface area contributed by atoms with Gasteiger partial charge in [0.25, 0.3) is 0 Å². The molecule has 1 aliphatic heterocycles. The molecule has 1 aromatic carbocycles. The number of ether oxygens (including phenoxy) is 2. The summed E-state index contributed by atoms with van der Waals surface area (Å²) in [6.45, 7) is 4.83. The molecule has 1 fully saturated rings. The van der Waals surface area contributed by atoms with Crippen LogP contribution in [0.4, 0.5) is 14.6 Å². The van der Waals surface area contributed by atoms with Crippen LogP contribution in [0.3, 0.4) is 0 Å². The van der Waals surface area contributed by atoms with Crippen molar-refractivity contribution < 1.29 is 23.0 Å². The van der Waals surface area contributed by atoms with Crippen molar-refractivity contribution in [2.45, 2.75) is 26.1 Å². The predicted molar refractivity (Wildman–Crippen MR) is 92.1 cm³/mol. The third-order valence-corrected chi connectivity index (χ3v) is 4.03. The molecule has 1 unspecified atom stereocenters. The van der Waals surface area contributed by atoms with Crippen LogP contribution in [0.5, 0.6) is 0 Å². The molecule has 1 aromatic heterocycles. The van der Waals surface area contributed by atoms with Crippen molar-refractivity contribution in [1.29, 1.82) is 0 Å². The van der Waals surface area contributed by atoms with E-state index >= 15 is 0 Å². The molecule has 1 aliphatic rings. The number of carbonyl (C=O) groups is 1. The van der Waals surface area contributed by atoms with Crippen LogP contribution in [0.1, 0.15) is 35.9 Å². The number of hydrogen-bond donors (Lipinski definition) is 0. The van der Waals surface area contributed by atoms with Crippen LogP contribution in [-0.4, -0.2) is 36.8 Å². The van der Waals surface area contributed by atoms with Crippen molar-refractivity contribution in [2.75, 3.05) is 24.6 Å². The fourth-order valence-electron chi connectivity index (χ4n) is 2.84. The molecule has 0 amide bonds. The first-order valence-corrected chi connectivity index (χ1v) is 8.43. The molecule has 1 saturated heterocycles. The molecule has 0 saturated carbocycles. The van der Waals surface area contributed by atoms with E-state index in [0.29, 0.717) is 36.6 Å². The number of anilines is 1. The highest BCUT2D eigenvalue weighted by Crippen LogP contribution is 2.28. The van der Waals surface area contributed by atoms with Gasteiger partial charge >= 0.3 is 5.97 Å². The number of nitrogens with zero attached hydrogens (tertiary/aromatic N) is 2. The highest BCUT2D eigenvalue weighted by atomic mass is 19.2. The zero-order chi connectivity index (χ0) is 18.7. The minimum absolute atomic E-state index is 0.241. The molecule has 1 atom stereocenters. The van der Waals surface area contributed by atoms with Crippen LogP contribution in [0, 0.1) is 11.6 Å². The molecule has 0 N–H and O–H groups in total.